The number of hydrogen-bond donors (Lipinski definition) is 0. The minimum absolute atomic E-state index is 0.0210. The fourth-order valence-corrected chi connectivity index (χ4v) is 5.59. The molecule has 182 valence electrons. The number of anilines is 1. The van der Waals surface area contributed by atoms with Crippen LogP contribution in [0.5, 0.6) is 0 Å². The molecule has 4 nitrogen and oxygen atoms in total. The van der Waals surface area contributed by atoms with Gasteiger partial charge in [-0.05, 0) is 60.4 Å². The SMILES string of the molecule is C=CCOC1(c2cc(F)cc(Sc3ccc4c(c3)CCC(=O)N4C)c2)CCN(CC(F)(F)F)C1. The molecule has 2 aliphatic rings. The van der Waals surface area contributed by atoms with Crippen LogP contribution >= 0.6 is 11.8 Å². The first-order valence-corrected chi connectivity index (χ1v) is 11.8. The number of alkyl halides is 3. The van der Waals surface area contributed by atoms with Crippen LogP contribution < -0.4 is 4.90 Å². The highest BCUT2D eigenvalue weighted by molar-refractivity contribution is 7.99. The molecule has 2 aliphatic heterocycles. The van der Waals surface area contributed by atoms with Crippen LogP contribution in [0.4, 0.5) is 23.2 Å². The Morgan fingerprint density at radius 3 is 2.71 bits per heavy atom. The smallest absolute Gasteiger partial charge is 0.365 e. The molecule has 1 amide bonds. The van der Waals surface area contributed by atoms with Gasteiger partial charge in [-0.25, -0.2) is 4.39 Å². The first-order chi connectivity index (χ1) is 16.1. The summed E-state index contributed by atoms with van der Waals surface area (Å²) in [6.07, 6.45) is -1.36. The van der Waals surface area contributed by atoms with Crippen molar-refractivity contribution >= 4 is 23.4 Å². The summed E-state index contributed by atoms with van der Waals surface area (Å²) in [5.74, 6) is -0.400. The highest BCUT2D eigenvalue weighted by Gasteiger charge is 2.44. The van der Waals surface area contributed by atoms with Crippen LogP contribution in [-0.4, -0.2) is 50.3 Å². The van der Waals surface area contributed by atoms with Crippen molar-refractivity contribution in [2.45, 2.75) is 40.8 Å². The van der Waals surface area contributed by atoms with Gasteiger partial charge in [0.05, 0.1) is 13.2 Å². The Morgan fingerprint density at radius 2 is 1.97 bits per heavy atom. The van der Waals surface area contributed by atoms with Crippen LogP contribution in [-0.2, 0) is 21.6 Å². The molecule has 0 bridgehead atoms. The predicted molar refractivity (Wildman–Crippen MR) is 124 cm³/mol. The lowest BCUT2D eigenvalue weighted by atomic mass is 9.92. The molecule has 4 rings (SSSR count). The number of benzene rings is 2. The Kier molecular flexibility index (Phi) is 7.07. The van der Waals surface area contributed by atoms with Gasteiger partial charge in [-0.2, -0.15) is 13.2 Å². The fourth-order valence-electron chi connectivity index (χ4n) is 4.62. The zero-order valence-electron chi connectivity index (χ0n) is 18.8. The molecular weight excluding hydrogens is 468 g/mol. The van der Waals surface area contributed by atoms with Gasteiger partial charge in [-0.3, -0.25) is 9.69 Å². The van der Waals surface area contributed by atoms with E-state index in [0.717, 1.165) is 16.1 Å². The van der Waals surface area contributed by atoms with Gasteiger partial charge in [0.15, 0.2) is 0 Å². The molecule has 2 aromatic rings. The highest BCUT2D eigenvalue weighted by Crippen LogP contribution is 2.41. The number of hydrogen-bond acceptors (Lipinski definition) is 4. The van der Waals surface area contributed by atoms with Crippen molar-refractivity contribution in [3.63, 3.8) is 0 Å². The van der Waals surface area contributed by atoms with Crippen molar-refractivity contribution in [2.24, 2.45) is 0 Å². The maximum Gasteiger partial charge on any atom is 0.401 e. The number of fused-ring (bicyclic) bond motifs is 1. The van der Waals surface area contributed by atoms with Gasteiger partial charge < -0.3 is 9.64 Å². The van der Waals surface area contributed by atoms with Crippen LogP contribution in [0.15, 0.2) is 58.8 Å². The monoisotopic (exact) mass is 494 g/mol. The number of carbonyl (C=O) groups is 1. The Hall–Kier alpha value is -2.36. The summed E-state index contributed by atoms with van der Waals surface area (Å²) in [7, 11) is 1.75. The molecule has 0 aromatic heterocycles. The molecule has 9 heteroatoms. The Morgan fingerprint density at radius 1 is 1.18 bits per heavy atom. The number of ether oxygens (including phenoxy) is 1. The number of halogens is 4. The number of aryl methyl sites for hydroxylation is 1. The third-order valence-corrected chi connectivity index (χ3v) is 7.18. The number of amides is 1. The second-order valence-electron chi connectivity index (χ2n) is 8.69. The molecule has 0 aliphatic carbocycles. The zero-order valence-corrected chi connectivity index (χ0v) is 19.6. The van der Waals surface area contributed by atoms with E-state index in [0.29, 0.717) is 29.7 Å². The van der Waals surface area contributed by atoms with Crippen molar-refractivity contribution in [1.29, 1.82) is 0 Å². The van der Waals surface area contributed by atoms with Gasteiger partial charge >= 0.3 is 6.18 Å². The normalized spacial score (nSPS) is 21.1. The van der Waals surface area contributed by atoms with E-state index in [1.54, 1.807) is 18.0 Å². The summed E-state index contributed by atoms with van der Waals surface area (Å²) in [4.78, 5) is 16.4. The Balaban J connectivity index is 1.60. The molecule has 0 spiro atoms. The molecule has 1 atom stereocenters. The zero-order chi connectivity index (χ0) is 24.5. The maximum atomic E-state index is 14.7. The third kappa shape index (κ3) is 5.47. The molecule has 2 heterocycles. The predicted octanol–water partition coefficient (Wildman–Crippen LogP) is 5.55. The summed E-state index contributed by atoms with van der Waals surface area (Å²) < 4.78 is 59.6. The van der Waals surface area contributed by atoms with Crippen LogP contribution in [0.1, 0.15) is 24.0 Å². The third-order valence-electron chi connectivity index (χ3n) is 6.22. The fraction of sp³-hybridized carbons (Fsp3) is 0.400. The highest BCUT2D eigenvalue weighted by atomic mass is 32.2. The van der Waals surface area contributed by atoms with E-state index in [4.69, 9.17) is 4.74 Å². The van der Waals surface area contributed by atoms with E-state index in [9.17, 15) is 22.4 Å². The molecule has 0 saturated carbocycles. The molecule has 1 saturated heterocycles. The van der Waals surface area contributed by atoms with Gasteiger partial charge in [-0.1, -0.05) is 17.8 Å². The first kappa shape index (κ1) is 24.8. The Labute approximate surface area is 200 Å². The number of carbonyl (C=O) groups excluding carboxylic acids is 1. The van der Waals surface area contributed by atoms with Gasteiger partial charge in [-0.15, -0.1) is 6.58 Å². The van der Waals surface area contributed by atoms with E-state index in [-0.39, 0.29) is 25.6 Å². The topological polar surface area (TPSA) is 32.8 Å². The quantitative estimate of drug-likeness (QED) is 0.373. The lowest BCUT2D eigenvalue weighted by Crippen LogP contribution is -2.38. The van der Waals surface area contributed by atoms with Gasteiger partial charge in [0, 0.05) is 42.0 Å². The lowest BCUT2D eigenvalue weighted by Gasteiger charge is -2.31. The molecule has 0 N–H and O–H groups in total. The van der Waals surface area contributed by atoms with Crippen LogP contribution in [0.25, 0.3) is 0 Å². The average molecular weight is 495 g/mol. The van der Waals surface area contributed by atoms with Crippen molar-refractivity contribution < 1.29 is 27.1 Å². The molecular formula is C25H26F4N2O2S. The number of rotatable bonds is 7. The lowest BCUT2D eigenvalue weighted by molar-refractivity contribution is -0.146. The van der Waals surface area contributed by atoms with E-state index >= 15 is 0 Å². The van der Waals surface area contributed by atoms with Crippen molar-refractivity contribution in [1.82, 2.24) is 4.90 Å². The minimum atomic E-state index is -4.32. The van der Waals surface area contributed by atoms with Gasteiger partial charge in [0.25, 0.3) is 0 Å². The second kappa shape index (κ2) is 9.71. The summed E-state index contributed by atoms with van der Waals surface area (Å²) in [6, 6.07) is 10.3. The van der Waals surface area contributed by atoms with Crippen molar-refractivity contribution in [2.75, 3.05) is 38.2 Å². The first-order valence-electron chi connectivity index (χ1n) is 11.0. The summed E-state index contributed by atoms with van der Waals surface area (Å²) in [5.41, 5.74) is 1.39. The van der Waals surface area contributed by atoms with Crippen molar-refractivity contribution in [3.8, 4) is 0 Å². The van der Waals surface area contributed by atoms with Crippen LogP contribution in [0, 0.1) is 5.82 Å². The van der Waals surface area contributed by atoms with E-state index in [1.165, 1.54) is 34.9 Å². The standard InChI is InChI=1S/C25H26F4N2O2S/c1-3-10-33-24(8-9-31(15-24)16-25(27,28)29)18-12-19(26)14-21(13-18)34-20-5-6-22-17(11-20)4-7-23(32)30(22)2/h3,5-6,11-14H,1,4,7-10,15-16H2,2H3. The molecule has 0 radical (unpaired) electrons. The number of nitrogens with zero attached hydrogens (tertiary/aromatic N) is 2. The Bertz CT molecular complexity index is 1090. The number of likely N-dealkylation sites (tertiary alicyclic amines) is 1. The van der Waals surface area contributed by atoms with E-state index in [2.05, 4.69) is 6.58 Å². The summed E-state index contributed by atoms with van der Waals surface area (Å²) >= 11 is 1.37. The second-order valence-corrected chi connectivity index (χ2v) is 9.84. The van der Waals surface area contributed by atoms with Crippen LogP contribution in [0.2, 0.25) is 0 Å². The maximum absolute atomic E-state index is 14.7. The largest absolute Gasteiger partial charge is 0.401 e. The molecule has 34 heavy (non-hydrogen) atoms. The summed E-state index contributed by atoms with van der Waals surface area (Å²) in [5, 5.41) is 0. The molecule has 2 aromatic carbocycles. The molecule has 1 unspecified atom stereocenters. The van der Waals surface area contributed by atoms with E-state index in [1.807, 2.05) is 18.2 Å². The van der Waals surface area contributed by atoms with Gasteiger partial charge in [0.2, 0.25) is 5.91 Å². The average Bonchev–Trinajstić information content (AvgIpc) is 3.17. The van der Waals surface area contributed by atoms with Crippen LogP contribution in [0.3, 0.4) is 0 Å². The van der Waals surface area contributed by atoms with Crippen molar-refractivity contribution in [3.05, 3.63) is 66.0 Å². The minimum Gasteiger partial charge on any atom is -0.365 e. The van der Waals surface area contributed by atoms with E-state index < -0.39 is 24.1 Å². The summed E-state index contributed by atoms with van der Waals surface area (Å²) in [6.45, 7) is 2.98. The molecule has 1 fully saturated rings. The van der Waals surface area contributed by atoms with Gasteiger partial charge in [0.1, 0.15) is 11.4 Å².